The van der Waals surface area contributed by atoms with Crippen molar-refractivity contribution in [3.05, 3.63) is 65.7 Å². The lowest BCUT2D eigenvalue weighted by Gasteiger charge is -2.19. The van der Waals surface area contributed by atoms with Gasteiger partial charge in [0.05, 0.1) is 23.6 Å². The number of ether oxygens (including phenoxy) is 1. The van der Waals surface area contributed by atoms with Crippen LogP contribution in [0.1, 0.15) is 15.9 Å². The first-order valence-electron chi connectivity index (χ1n) is 7.08. The van der Waals surface area contributed by atoms with E-state index in [4.69, 9.17) is 5.26 Å². The molecular weight excluding hydrogens is 328 g/mol. The van der Waals surface area contributed by atoms with E-state index in [1.807, 2.05) is 12.1 Å². The average molecular weight is 344 g/mol. The smallest absolute Gasteiger partial charge is 0.337 e. The topological polar surface area (TPSA) is 87.5 Å². The van der Waals surface area contributed by atoms with E-state index in [1.165, 1.54) is 31.4 Å². The zero-order chi connectivity index (χ0) is 17.6. The first-order chi connectivity index (χ1) is 11.5. The van der Waals surface area contributed by atoms with E-state index in [9.17, 15) is 13.2 Å². The van der Waals surface area contributed by atoms with Crippen LogP contribution in [-0.4, -0.2) is 32.3 Å². The molecule has 124 valence electrons. The van der Waals surface area contributed by atoms with Crippen molar-refractivity contribution in [1.82, 2.24) is 4.31 Å². The van der Waals surface area contributed by atoms with Gasteiger partial charge in [-0.15, -0.1) is 0 Å². The maximum atomic E-state index is 12.7. The molecule has 0 aromatic heterocycles. The van der Waals surface area contributed by atoms with Gasteiger partial charge in [0.2, 0.25) is 10.0 Å². The zero-order valence-corrected chi connectivity index (χ0v) is 13.9. The molecule has 7 heteroatoms. The van der Waals surface area contributed by atoms with Crippen molar-refractivity contribution in [2.24, 2.45) is 0 Å². The van der Waals surface area contributed by atoms with E-state index in [1.54, 1.807) is 24.3 Å². The minimum absolute atomic E-state index is 0.0151. The summed E-state index contributed by atoms with van der Waals surface area (Å²) in [7, 11) is -2.60. The van der Waals surface area contributed by atoms with E-state index in [0.717, 1.165) is 9.87 Å². The Bertz CT molecular complexity index is 840. The highest BCUT2D eigenvalue weighted by molar-refractivity contribution is 7.89. The van der Waals surface area contributed by atoms with E-state index in [0.29, 0.717) is 0 Å². The third-order valence-corrected chi connectivity index (χ3v) is 5.17. The van der Waals surface area contributed by atoms with Crippen molar-refractivity contribution in [3.8, 4) is 6.07 Å². The third-order valence-electron chi connectivity index (χ3n) is 3.36. The number of carbonyl (C=O) groups excluding carboxylic acids is 1. The number of esters is 1. The predicted molar refractivity (Wildman–Crippen MR) is 87.4 cm³/mol. The Balaban J connectivity index is 2.31. The largest absolute Gasteiger partial charge is 0.465 e. The van der Waals surface area contributed by atoms with Crippen molar-refractivity contribution < 1.29 is 17.9 Å². The fraction of sp³-hybridized carbons (Fsp3) is 0.176. The second-order valence-electron chi connectivity index (χ2n) is 4.93. The first kappa shape index (κ1) is 17.7. The van der Waals surface area contributed by atoms with Gasteiger partial charge in [-0.05, 0) is 29.8 Å². The monoisotopic (exact) mass is 344 g/mol. The van der Waals surface area contributed by atoms with Crippen molar-refractivity contribution in [3.63, 3.8) is 0 Å². The maximum absolute atomic E-state index is 12.7. The summed E-state index contributed by atoms with van der Waals surface area (Å²) in [6, 6.07) is 16.3. The van der Waals surface area contributed by atoms with Crippen molar-refractivity contribution >= 4 is 16.0 Å². The number of hydrogen-bond donors (Lipinski definition) is 0. The summed E-state index contributed by atoms with van der Waals surface area (Å²) < 4.78 is 31.1. The molecule has 0 N–H and O–H groups in total. The maximum Gasteiger partial charge on any atom is 0.337 e. The Morgan fingerprint density at radius 2 is 1.75 bits per heavy atom. The van der Waals surface area contributed by atoms with Crippen LogP contribution < -0.4 is 0 Å². The van der Waals surface area contributed by atoms with Gasteiger partial charge in [-0.2, -0.15) is 9.57 Å². The lowest BCUT2D eigenvalue weighted by atomic mass is 10.2. The second-order valence-corrected chi connectivity index (χ2v) is 6.87. The number of rotatable bonds is 6. The molecule has 0 aliphatic heterocycles. The zero-order valence-electron chi connectivity index (χ0n) is 13.0. The van der Waals surface area contributed by atoms with Crippen LogP contribution in [0.5, 0.6) is 0 Å². The Labute approximate surface area is 141 Å². The van der Waals surface area contributed by atoms with Gasteiger partial charge in [-0.3, -0.25) is 0 Å². The molecule has 6 nitrogen and oxygen atoms in total. The van der Waals surface area contributed by atoms with Crippen LogP contribution in [0.15, 0.2) is 59.5 Å². The Morgan fingerprint density at radius 3 is 2.29 bits per heavy atom. The van der Waals surface area contributed by atoms with Crippen LogP contribution >= 0.6 is 0 Å². The quantitative estimate of drug-likeness (QED) is 0.592. The molecule has 0 radical (unpaired) electrons. The van der Waals surface area contributed by atoms with Gasteiger partial charge in [-0.25, -0.2) is 13.2 Å². The Morgan fingerprint density at radius 1 is 1.12 bits per heavy atom. The summed E-state index contributed by atoms with van der Waals surface area (Å²) in [5.74, 6) is -0.544. The molecule has 0 aliphatic carbocycles. The molecule has 0 unspecified atom stereocenters. The normalized spacial score (nSPS) is 11.0. The summed E-state index contributed by atoms with van der Waals surface area (Å²) in [5.41, 5.74) is 1.04. The van der Waals surface area contributed by atoms with Crippen LogP contribution in [-0.2, 0) is 21.3 Å². The minimum atomic E-state index is -3.85. The fourth-order valence-corrected chi connectivity index (χ4v) is 3.45. The Kier molecular flexibility index (Phi) is 5.68. The minimum Gasteiger partial charge on any atom is -0.465 e. The molecule has 0 aliphatic rings. The molecule has 0 saturated heterocycles. The summed E-state index contributed by atoms with van der Waals surface area (Å²) in [5, 5.41) is 8.96. The van der Waals surface area contributed by atoms with Gasteiger partial charge in [0.25, 0.3) is 0 Å². The molecule has 2 aromatic carbocycles. The van der Waals surface area contributed by atoms with Crippen LogP contribution in [0.25, 0.3) is 0 Å². The number of sulfonamides is 1. The summed E-state index contributed by atoms with van der Waals surface area (Å²) in [6.45, 7) is -0.175. The lowest BCUT2D eigenvalue weighted by Crippen LogP contribution is -2.31. The lowest BCUT2D eigenvalue weighted by molar-refractivity contribution is 0.0600. The van der Waals surface area contributed by atoms with Gasteiger partial charge in [0, 0.05) is 6.54 Å². The van der Waals surface area contributed by atoms with Crippen LogP contribution in [0, 0.1) is 11.3 Å². The SMILES string of the molecule is COC(=O)c1ccc(S(=O)(=O)N(CC#N)Cc2ccccc2)cc1. The third kappa shape index (κ3) is 3.98. The highest BCUT2D eigenvalue weighted by Crippen LogP contribution is 2.19. The number of nitriles is 1. The second kappa shape index (κ2) is 7.73. The van der Waals surface area contributed by atoms with Crippen molar-refractivity contribution in [2.75, 3.05) is 13.7 Å². The number of hydrogen-bond acceptors (Lipinski definition) is 5. The summed E-state index contributed by atoms with van der Waals surface area (Å²) in [6.07, 6.45) is 0. The van der Waals surface area contributed by atoms with E-state index in [-0.39, 0.29) is 23.5 Å². The van der Waals surface area contributed by atoms with Crippen LogP contribution in [0.3, 0.4) is 0 Å². The number of benzene rings is 2. The Hall–Kier alpha value is -2.69. The number of nitrogens with zero attached hydrogens (tertiary/aromatic N) is 2. The highest BCUT2D eigenvalue weighted by Gasteiger charge is 2.24. The van der Waals surface area contributed by atoms with Crippen molar-refractivity contribution in [1.29, 1.82) is 5.26 Å². The molecule has 0 atom stereocenters. The molecule has 24 heavy (non-hydrogen) atoms. The number of methoxy groups -OCH3 is 1. The molecule has 0 spiro atoms. The van der Waals surface area contributed by atoms with Gasteiger partial charge < -0.3 is 4.74 Å². The summed E-state index contributed by atoms with van der Waals surface area (Å²) >= 11 is 0. The average Bonchev–Trinajstić information content (AvgIpc) is 2.61. The molecule has 0 amide bonds. The number of carbonyl (C=O) groups is 1. The van der Waals surface area contributed by atoms with Crippen molar-refractivity contribution in [2.45, 2.75) is 11.4 Å². The van der Waals surface area contributed by atoms with E-state index >= 15 is 0 Å². The van der Waals surface area contributed by atoms with Gasteiger partial charge in [-0.1, -0.05) is 30.3 Å². The van der Waals surface area contributed by atoms with E-state index < -0.39 is 16.0 Å². The first-order valence-corrected chi connectivity index (χ1v) is 8.52. The van der Waals surface area contributed by atoms with Crippen LogP contribution in [0.2, 0.25) is 0 Å². The predicted octanol–water partition coefficient (Wildman–Crippen LogP) is 2.19. The van der Waals surface area contributed by atoms with Gasteiger partial charge >= 0.3 is 5.97 Å². The fourth-order valence-electron chi connectivity index (χ4n) is 2.12. The molecule has 2 rings (SSSR count). The van der Waals surface area contributed by atoms with Gasteiger partial charge in [0.15, 0.2) is 0 Å². The van der Waals surface area contributed by atoms with Crippen LogP contribution in [0.4, 0.5) is 0 Å². The molecule has 0 saturated carbocycles. The van der Waals surface area contributed by atoms with E-state index in [2.05, 4.69) is 4.74 Å². The molecular formula is C17H16N2O4S. The molecule has 0 fully saturated rings. The highest BCUT2D eigenvalue weighted by atomic mass is 32.2. The van der Waals surface area contributed by atoms with Gasteiger partial charge in [0.1, 0.15) is 6.54 Å². The molecule has 0 bridgehead atoms. The molecule has 0 heterocycles. The summed E-state index contributed by atoms with van der Waals surface area (Å²) in [4.78, 5) is 11.4. The standard InChI is InChI=1S/C17H16N2O4S/c1-23-17(20)15-7-9-16(10-8-15)24(21,22)19(12-11-18)13-14-5-3-2-4-6-14/h2-10H,12-13H2,1H3. The molecule has 2 aromatic rings.